The SMILES string of the molecule is COC(=O)c1c(N)c(C#N)cn1-c1c([N+](=O)[O-])cc(C)c(C)c1Br. The molecule has 0 saturated carbocycles. The first kappa shape index (κ1) is 17.5. The number of halogens is 1. The molecule has 1 aromatic heterocycles. The molecule has 2 aromatic rings. The van der Waals surface area contributed by atoms with Crippen LogP contribution in [0.4, 0.5) is 11.4 Å². The van der Waals surface area contributed by atoms with Gasteiger partial charge in [-0.25, -0.2) is 4.79 Å². The van der Waals surface area contributed by atoms with Gasteiger partial charge in [0.2, 0.25) is 0 Å². The van der Waals surface area contributed by atoms with Crippen molar-refractivity contribution in [3.05, 3.63) is 49.2 Å². The van der Waals surface area contributed by atoms with Crippen molar-refractivity contribution in [2.24, 2.45) is 0 Å². The number of nitriles is 1. The molecular weight excluding hydrogens is 380 g/mol. The fourth-order valence-electron chi connectivity index (χ4n) is 2.30. The zero-order valence-electron chi connectivity index (χ0n) is 13.1. The number of benzene rings is 1. The molecule has 0 unspecified atom stereocenters. The molecule has 0 amide bonds. The normalized spacial score (nSPS) is 10.3. The highest BCUT2D eigenvalue weighted by molar-refractivity contribution is 9.10. The summed E-state index contributed by atoms with van der Waals surface area (Å²) in [6, 6.07) is 3.26. The minimum absolute atomic E-state index is 0.0230. The summed E-state index contributed by atoms with van der Waals surface area (Å²) in [4.78, 5) is 23.0. The van der Waals surface area contributed by atoms with Gasteiger partial charge in [-0.15, -0.1) is 0 Å². The highest BCUT2D eigenvalue weighted by Gasteiger charge is 2.29. The number of carbonyl (C=O) groups is 1. The Morgan fingerprint density at radius 3 is 2.62 bits per heavy atom. The molecule has 8 nitrogen and oxygen atoms in total. The maximum atomic E-state index is 12.1. The number of nitro benzene ring substituents is 1. The Bertz CT molecular complexity index is 911. The maximum absolute atomic E-state index is 12.1. The van der Waals surface area contributed by atoms with Crippen LogP contribution in [0.15, 0.2) is 16.7 Å². The Labute approximate surface area is 145 Å². The average Bonchev–Trinajstić information content (AvgIpc) is 2.87. The molecule has 2 rings (SSSR count). The van der Waals surface area contributed by atoms with Crippen LogP contribution in [0.5, 0.6) is 0 Å². The van der Waals surface area contributed by atoms with E-state index in [0.29, 0.717) is 10.0 Å². The molecule has 9 heteroatoms. The van der Waals surface area contributed by atoms with Gasteiger partial charge in [0, 0.05) is 12.3 Å². The van der Waals surface area contributed by atoms with Crippen LogP contribution in [-0.2, 0) is 4.74 Å². The number of anilines is 1. The Hall–Kier alpha value is -2.86. The number of nitrogen functional groups attached to an aromatic ring is 1. The number of nitrogens with zero attached hydrogens (tertiary/aromatic N) is 3. The molecule has 0 radical (unpaired) electrons. The molecule has 1 heterocycles. The predicted octanol–water partition coefficient (Wildman–Crippen LogP) is 3.01. The number of hydrogen-bond donors (Lipinski definition) is 1. The number of aryl methyl sites for hydroxylation is 1. The van der Waals surface area contributed by atoms with Gasteiger partial charge in [-0.3, -0.25) is 10.1 Å². The third-order valence-corrected chi connectivity index (χ3v) is 4.68. The van der Waals surface area contributed by atoms with Gasteiger partial charge in [0.1, 0.15) is 11.8 Å². The topological polar surface area (TPSA) is 124 Å². The van der Waals surface area contributed by atoms with Crippen LogP contribution >= 0.6 is 15.9 Å². The Morgan fingerprint density at radius 2 is 2.12 bits per heavy atom. The van der Waals surface area contributed by atoms with Gasteiger partial charge >= 0.3 is 5.97 Å². The lowest BCUT2D eigenvalue weighted by atomic mass is 10.1. The van der Waals surface area contributed by atoms with Crippen molar-refractivity contribution in [3.8, 4) is 11.8 Å². The molecule has 0 aliphatic carbocycles. The summed E-state index contributed by atoms with van der Waals surface area (Å²) in [5.41, 5.74) is 6.98. The van der Waals surface area contributed by atoms with E-state index in [0.717, 1.165) is 12.7 Å². The van der Waals surface area contributed by atoms with E-state index in [1.165, 1.54) is 16.8 Å². The number of nitro groups is 1. The lowest BCUT2D eigenvalue weighted by molar-refractivity contribution is -0.384. The molecule has 0 fully saturated rings. The summed E-state index contributed by atoms with van der Waals surface area (Å²) < 4.78 is 6.34. The van der Waals surface area contributed by atoms with Gasteiger partial charge < -0.3 is 15.0 Å². The van der Waals surface area contributed by atoms with Crippen LogP contribution in [0.3, 0.4) is 0 Å². The Kier molecular flexibility index (Phi) is 4.61. The third kappa shape index (κ3) is 2.61. The highest BCUT2D eigenvalue weighted by atomic mass is 79.9. The molecule has 0 aliphatic heterocycles. The second kappa shape index (κ2) is 6.33. The molecule has 0 bridgehead atoms. The van der Waals surface area contributed by atoms with Crippen molar-refractivity contribution in [1.82, 2.24) is 4.57 Å². The van der Waals surface area contributed by atoms with E-state index in [4.69, 9.17) is 15.7 Å². The van der Waals surface area contributed by atoms with Gasteiger partial charge in [0.25, 0.3) is 5.69 Å². The van der Waals surface area contributed by atoms with E-state index >= 15 is 0 Å². The predicted molar refractivity (Wildman–Crippen MR) is 90.1 cm³/mol. The zero-order chi connectivity index (χ0) is 18.2. The zero-order valence-corrected chi connectivity index (χ0v) is 14.7. The fourth-order valence-corrected chi connectivity index (χ4v) is 3.01. The van der Waals surface area contributed by atoms with E-state index < -0.39 is 10.9 Å². The standard InChI is InChI=1S/C15H13BrN4O4/c1-7-4-10(20(22)23)13(11(16)8(7)2)19-6-9(5-17)12(18)14(19)15(21)24-3/h4,6H,18H2,1-3H3. The second-order valence-corrected chi connectivity index (χ2v) is 5.83. The molecule has 0 atom stereocenters. The quantitative estimate of drug-likeness (QED) is 0.486. The summed E-state index contributed by atoms with van der Waals surface area (Å²) >= 11 is 3.35. The average molecular weight is 393 g/mol. The van der Waals surface area contributed by atoms with Crippen molar-refractivity contribution in [1.29, 1.82) is 5.26 Å². The molecule has 0 saturated heterocycles. The molecule has 0 aliphatic rings. The van der Waals surface area contributed by atoms with E-state index in [9.17, 15) is 14.9 Å². The summed E-state index contributed by atoms with van der Waals surface area (Å²) in [5, 5.41) is 20.6. The molecule has 124 valence electrons. The largest absolute Gasteiger partial charge is 0.464 e. The number of hydrogen-bond acceptors (Lipinski definition) is 6. The summed E-state index contributed by atoms with van der Waals surface area (Å²) in [5.74, 6) is -0.798. The van der Waals surface area contributed by atoms with Crippen LogP contribution in [0.25, 0.3) is 5.69 Å². The number of methoxy groups -OCH3 is 1. The number of esters is 1. The summed E-state index contributed by atoms with van der Waals surface area (Å²) in [6.07, 6.45) is 1.28. The lowest BCUT2D eigenvalue weighted by Gasteiger charge is -2.14. The molecule has 24 heavy (non-hydrogen) atoms. The minimum Gasteiger partial charge on any atom is -0.464 e. The van der Waals surface area contributed by atoms with Crippen LogP contribution in [0, 0.1) is 35.3 Å². The van der Waals surface area contributed by atoms with Crippen LogP contribution in [0.2, 0.25) is 0 Å². The van der Waals surface area contributed by atoms with Crippen molar-refractivity contribution < 1.29 is 14.5 Å². The number of nitrogens with two attached hydrogens (primary N) is 1. The van der Waals surface area contributed by atoms with Crippen LogP contribution < -0.4 is 5.73 Å². The third-order valence-electron chi connectivity index (χ3n) is 3.71. The number of rotatable bonds is 3. The fraction of sp³-hybridized carbons (Fsp3) is 0.200. The smallest absolute Gasteiger partial charge is 0.357 e. The molecule has 0 spiro atoms. The maximum Gasteiger partial charge on any atom is 0.357 e. The van der Waals surface area contributed by atoms with Gasteiger partial charge in [-0.2, -0.15) is 5.26 Å². The van der Waals surface area contributed by atoms with Gasteiger partial charge in [-0.1, -0.05) is 0 Å². The van der Waals surface area contributed by atoms with Crippen LogP contribution in [0.1, 0.15) is 27.2 Å². The second-order valence-electron chi connectivity index (χ2n) is 5.04. The minimum atomic E-state index is -0.798. The Morgan fingerprint density at radius 1 is 1.50 bits per heavy atom. The van der Waals surface area contributed by atoms with Gasteiger partial charge in [-0.05, 0) is 40.9 Å². The van der Waals surface area contributed by atoms with E-state index in [1.807, 2.05) is 6.07 Å². The van der Waals surface area contributed by atoms with Gasteiger partial charge in [0.05, 0.1) is 27.8 Å². The first-order valence-electron chi connectivity index (χ1n) is 6.68. The van der Waals surface area contributed by atoms with E-state index in [2.05, 4.69) is 15.9 Å². The van der Waals surface area contributed by atoms with Crippen molar-refractivity contribution in [2.75, 3.05) is 12.8 Å². The molecule has 2 N–H and O–H groups in total. The summed E-state index contributed by atoms with van der Waals surface area (Å²) in [7, 11) is 1.16. The first-order chi connectivity index (χ1) is 11.2. The monoisotopic (exact) mass is 392 g/mol. The summed E-state index contributed by atoms with van der Waals surface area (Å²) in [6.45, 7) is 3.52. The van der Waals surface area contributed by atoms with E-state index in [1.54, 1.807) is 13.8 Å². The lowest BCUT2D eigenvalue weighted by Crippen LogP contribution is -2.13. The van der Waals surface area contributed by atoms with Crippen molar-refractivity contribution in [2.45, 2.75) is 13.8 Å². The van der Waals surface area contributed by atoms with Crippen LogP contribution in [-0.4, -0.2) is 22.6 Å². The number of carbonyl (C=O) groups excluding carboxylic acids is 1. The van der Waals surface area contributed by atoms with Crippen molar-refractivity contribution in [3.63, 3.8) is 0 Å². The molecular formula is C15H13BrN4O4. The number of ether oxygens (including phenoxy) is 1. The van der Waals surface area contributed by atoms with Crippen molar-refractivity contribution >= 4 is 33.3 Å². The first-order valence-corrected chi connectivity index (χ1v) is 7.47. The highest BCUT2D eigenvalue weighted by Crippen LogP contribution is 2.38. The van der Waals surface area contributed by atoms with Gasteiger partial charge in [0.15, 0.2) is 5.69 Å². The Balaban J connectivity index is 2.97. The van der Waals surface area contributed by atoms with E-state index in [-0.39, 0.29) is 28.3 Å². The molecule has 1 aromatic carbocycles. The number of aromatic nitrogens is 1.